The van der Waals surface area contributed by atoms with Gasteiger partial charge < -0.3 is 15.2 Å². The lowest BCUT2D eigenvalue weighted by atomic mass is 10.3. The first kappa shape index (κ1) is 11.5. The number of rotatable bonds is 5. The number of benzene rings is 1. The van der Waals surface area contributed by atoms with E-state index in [2.05, 4.69) is 0 Å². The Bertz CT molecular complexity index is 308. The lowest BCUT2D eigenvalue weighted by Gasteiger charge is -2.04. The van der Waals surface area contributed by atoms with Crippen molar-refractivity contribution in [3.8, 4) is 11.5 Å². The van der Waals surface area contributed by atoms with Crippen LogP contribution in [-0.2, 0) is 4.79 Å². The third-order valence-corrected chi connectivity index (χ3v) is 1.88. The fourth-order valence-electron chi connectivity index (χ4n) is 1.07. The van der Waals surface area contributed by atoms with E-state index in [0.717, 1.165) is 5.75 Å². The van der Waals surface area contributed by atoms with E-state index in [0.29, 0.717) is 25.1 Å². The number of esters is 1. The summed E-state index contributed by atoms with van der Waals surface area (Å²) in [7, 11) is 1.59. The van der Waals surface area contributed by atoms with Crippen LogP contribution in [0.2, 0.25) is 0 Å². The van der Waals surface area contributed by atoms with Gasteiger partial charge in [-0.1, -0.05) is 0 Å². The van der Waals surface area contributed by atoms with Gasteiger partial charge in [0, 0.05) is 6.42 Å². The fraction of sp³-hybridized carbons (Fsp3) is 0.364. The van der Waals surface area contributed by atoms with Gasteiger partial charge in [-0.2, -0.15) is 0 Å². The molecule has 0 saturated heterocycles. The molecule has 2 N–H and O–H groups in total. The first-order valence-electron chi connectivity index (χ1n) is 4.81. The largest absolute Gasteiger partial charge is 0.497 e. The first-order chi connectivity index (χ1) is 7.26. The zero-order valence-electron chi connectivity index (χ0n) is 8.73. The third-order valence-electron chi connectivity index (χ3n) is 1.88. The maximum absolute atomic E-state index is 11.2. The zero-order valence-corrected chi connectivity index (χ0v) is 8.73. The molecule has 0 aliphatic carbocycles. The molecule has 1 aromatic rings. The molecule has 0 fully saturated rings. The summed E-state index contributed by atoms with van der Waals surface area (Å²) in [5.41, 5.74) is 5.28. The van der Waals surface area contributed by atoms with Crippen LogP contribution in [0.15, 0.2) is 24.3 Å². The predicted octanol–water partition coefficient (Wildman–Crippen LogP) is 1.34. The van der Waals surface area contributed by atoms with Crippen molar-refractivity contribution in [3.05, 3.63) is 24.3 Å². The van der Waals surface area contributed by atoms with Crippen molar-refractivity contribution in [1.82, 2.24) is 0 Å². The van der Waals surface area contributed by atoms with Crippen molar-refractivity contribution in [2.24, 2.45) is 5.73 Å². The van der Waals surface area contributed by atoms with Crippen LogP contribution in [-0.4, -0.2) is 19.6 Å². The van der Waals surface area contributed by atoms with E-state index in [4.69, 9.17) is 15.2 Å². The molecule has 0 unspecified atom stereocenters. The van der Waals surface area contributed by atoms with E-state index in [9.17, 15) is 4.79 Å². The number of carbonyl (C=O) groups is 1. The second kappa shape index (κ2) is 6.03. The number of hydrogen-bond donors (Lipinski definition) is 1. The molecule has 0 radical (unpaired) electrons. The molecule has 0 aliphatic rings. The van der Waals surface area contributed by atoms with Gasteiger partial charge in [0.1, 0.15) is 11.5 Å². The number of hydrogen-bond acceptors (Lipinski definition) is 4. The van der Waals surface area contributed by atoms with Crippen LogP contribution in [0.4, 0.5) is 0 Å². The summed E-state index contributed by atoms with van der Waals surface area (Å²) in [6.45, 7) is 0.498. The molecular weight excluding hydrogens is 194 g/mol. The van der Waals surface area contributed by atoms with Crippen LogP contribution in [0.1, 0.15) is 12.8 Å². The van der Waals surface area contributed by atoms with E-state index in [-0.39, 0.29) is 5.97 Å². The van der Waals surface area contributed by atoms with Crippen LogP contribution >= 0.6 is 0 Å². The van der Waals surface area contributed by atoms with E-state index in [1.807, 2.05) is 0 Å². The van der Waals surface area contributed by atoms with Gasteiger partial charge in [-0.3, -0.25) is 4.79 Å². The summed E-state index contributed by atoms with van der Waals surface area (Å²) in [6, 6.07) is 6.87. The van der Waals surface area contributed by atoms with Crippen molar-refractivity contribution in [3.63, 3.8) is 0 Å². The second-order valence-corrected chi connectivity index (χ2v) is 3.04. The zero-order chi connectivity index (χ0) is 11.1. The number of methoxy groups -OCH3 is 1. The van der Waals surface area contributed by atoms with Crippen molar-refractivity contribution >= 4 is 5.97 Å². The Balaban J connectivity index is 2.46. The predicted molar refractivity (Wildman–Crippen MR) is 56.9 cm³/mol. The van der Waals surface area contributed by atoms with Gasteiger partial charge in [-0.05, 0) is 37.2 Å². The van der Waals surface area contributed by atoms with Crippen LogP contribution in [0, 0.1) is 0 Å². The summed E-state index contributed by atoms with van der Waals surface area (Å²) in [6.07, 6.45) is 0.998. The molecule has 0 aliphatic heterocycles. The van der Waals surface area contributed by atoms with E-state index < -0.39 is 0 Å². The summed E-state index contributed by atoms with van der Waals surface area (Å²) in [5.74, 6) is 1.00. The average Bonchev–Trinajstić information content (AvgIpc) is 2.27. The summed E-state index contributed by atoms with van der Waals surface area (Å²) >= 11 is 0. The molecule has 0 bridgehead atoms. The Labute approximate surface area is 89.0 Å². The van der Waals surface area contributed by atoms with Gasteiger partial charge in [-0.15, -0.1) is 0 Å². The molecule has 4 heteroatoms. The molecule has 0 atom stereocenters. The molecule has 1 aromatic carbocycles. The SMILES string of the molecule is COc1ccc(OC(=O)CCCN)cc1. The Morgan fingerprint density at radius 3 is 2.40 bits per heavy atom. The van der Waals surface area contributed by atoms with Crippen LogP contribution in [0.25, 0.3) is 0 Å². The minimum atomic E-state index is -0.259. The maximum Gasteiger partial charge on any atom is 0.311 e. The van der Waals surface area contributed by atoms with Crippen LogP contribution in [0.5, 0.6) is 11.5 Å². The minimum absolute atomic E-state index is 0.259. The average molecular weight is 209 g/mol. The topological polar surface area (TPSA) is 61.5 Å². The lowest BCUT2D eigenvalue weighted by molar-refractivity contribution is -0.134. The highest BCUT2D eigenvalue weighted by Gasteiger charge is 2.03. The monoisotopic (exact) mass is 209 g/mol. The molecule has 0 saturated carbocycles. The van der Waals surface area contributed by atoms with Gasteiger partial charge in [-0.25, -0.2) is 0 Å². The van der Waals surface area contributed by atoms with E-state index >= 15 is 0 Å². The molecule has 0 spiro atoms. The summed E-state index contributed by atoms with van der Waals surface area (Å²) in [4.78, 5) is 11.2. The third kappa shape index (κ3) is 3.99. The molecular formula is C11H15NO3. The second-order valence-electron chi connectivity index (χ2n) is 3.04. The van der Waals surface area contributed by atoms with Gasteiger partial charge in [0.05, 0.1) is 7.11 Å². The maximum atomic E-state index is 11.2. The van der Waals surface area contributed by atoms with Crippen molar-refractivity contribution < 1.29 is 14.3 Å². The molecule has 4 nitrogen and oxygen atoms in total. The number of ether oxygens (including phenoxy) is 2. The number of carbonyl (C=O) groups excluding carboxylic acids is 1. The van der Waals surface area contributed by atoms with Crippen molar-refractivity contribution in [2.75, 3.05) is 13.7 Å². The molecule has 1 rings (SSSR count). The molecule has 15 heavy (non-hydrogen) atoms. The highest BCUT2D eigenvalue weighted by atomic mass is 16.5. The van der Waals surface area contributed by atoms with Gasteiger partial charge in [0.2, 0.25) is 0 Å². The quantitative estimate of drug-likeness (QED) is 0.587. The normalized spacial score (nSPS) is 9.73. The summed E-state index contributed by atoms with van der Waals surface area (Å²) < 4.78 is 10.0. The Kier molecular flexibility index (Phi) is 4.63. The molecule has 0 aromatic heterocycles. The van der Waals surface area contributed by atoms with Crippen molar-refractivity contribution in [1.29, 1.82) is 0 Å². The minimum Gasteiger partial charge on any atom is -0.497 e. The highest BCUT2D eigenvalue weighted by molar-refractivity contribution is 5.72. The first-order valence-corrected chi connectivity index (χ1v) is 4.81. The fourth-order valence-corrected chi connectivity index (χ4v) is 1.07. The van der Waals surface area contributed by atoms with Crippen LogP contribution < -0.4 is 15.2 Å². The van der Waals surface area contributed by atoms with Gasteiger partial charge >= 0.3 is 5.97 Å². The Morgan fingerprint density at radius 2 is 1.87 bits per heavy atom. The van der Waals surface area contributed by atoms with Gasteiger partial charge in [0.25, 0.3) is 0 Å². The van der Waals surface area contributed by atoms with Crippen molar-refractivity contribution in [2.45, 2.75) is 12.8 Å². The van der Waals surface area contributed by atoms with Gasteiger partial charge in [0.15, 0.2) is 0 Å². The van der Waals surface area contributed by atoms with E-state index in [1.165, 1.54) is 0 Å². The standard InChI is InChI=1S/C11H15NO3/c1-14-9-4-6-10(7-5-9)15-11(13)3-2-8-12/h4-7H,2-3,8,12H2,1H3. The van der Waals surface area contributed by atoms with Crippen LogP contribution in [0.3, 0.4) is 0 Å². The smallest absolute Gasteiger partial charge is 0.311 e. The van der Waals surface area contributed by atoms with E-state index in [1.54, 1.807) is 31.4 Å². The number of nitrogens with two attached hydrogens (primary N) is 1. The Morgan fingerprint density at radius 1 is 1.27 bits per heavy atom. The lowest BCUT2D eigenvalue weighted by Crippen LogP contribution is -2.10. The molecule has 0 amide bonds. The summed E-state index contributed by atoms with van der Waals surface area (Å²) in [5, 5.41) is 0. The molecule has 82 valence electrons. The molecule has 0 heterocycles. The highest BCUT2D eigenvalue weighted by Crippen LogP contribution is 2.17. The Hall–Kier alpha value is -1.55.